The first-order valence-corrected chi connectivity index (χ1v) is 8.88. The van der Waals surface area contributed by atoms with E-state index in [4.69, 9.17) is 39.4 Å². The number of aryl methyl sites for hydroxylation is 1. The number of anilines is 4. The molecule has 0 radical (unpaired) electrons. The molecule has 2 heterocycles. The molecule has 0 saturated heterocycles. The summed E-state index contributed by atoms with van der Waals surface area (Å²) in [7, 11) is 0. The normalized spacial score (nSPS) is 11.0. The van der Waals surface area contributed by atoms with Gasteiger partial charge in [-0.1, -0.05) is 34.8 Å². The molecule has 2 aromatic carbocycles. The zero-order valence-electron chi connectivity index (χ0n) is 13.8. The van der Waals surface area contributed by atoms with Gasteiger partial charge in [0.2, 0.25) is 11.3 Å². The number of halogens is 3. The quantitative estimate of drug-likeness (QED) is 0.432. The Bertz CT molecular complexity index is 1060. The number of aromatic nitrogens is 4. The third kappa shape index (κ3) is 3.75. The number of benzene rings is 2. The second-order valence-corrected chi connectivity index (χ2v) is 6.90. The summed E-state index contributed by atoms with van der Waals surface area (Å²) in [6.45, 7) is 1.92. The Balaban J connectivity index is 1.74. The molecule has 0 saturated carbocycles. The molecule has 0 aliphatic rings. The highest BCUT2D eigenvalue weighted by molar-refractivity contribution is 6.42. The molecular weight excluding hydrogens is 411 g/mol. The Kier molecular flexibility index (Phi) is 4.73. The third-order valence-corrected chi connectivity index (χ3v) is 4.88. The molecule has 10 heteroatoms. The van der Waals surface area contributed by atoms with Gasteiger partial charge in [0.05, 0.1) is 10.0 Å². The van der Waals surface area contributed by atoms with Crippen molar-refractivity contribution in [3.63, 3.8) is 0 Å². The smallest absolute Gasteiger partial charge is 0.245 e. The maximum absolute atomic E-state index is 6.09. The summed E-state index contributed by atoms with van der Waals surface area (Å²) in [4.78, 5) is 8.84. The van der Waals surface area contributed by atoms with Gasteiger partial charge in [0.1, 0.15) is 0 Å². The van der Waals surface area contributed by atoms with Crippen LogP contribution in [0.4, 0.5) is 23.0 Å². The first-order chi connectivity index (χ1) is 13.0. The Morgan fingerprint density at radius 1 is 0.741 bits per heavy atom. The minimum Gasteiger partial charge on any atom is -0.337 e. The van der Waals surface area contributed by atoms with Crippen molar-refractivity contribution in [1.29, 1.82) is 0 Å². The Labute approximate surface area is 168 Å². The lowest BCUT2D eigenvalue weighted by molar-refractivity contribution is 0.314. The summed E-state index contributed by atoms with van der Waals surface area (Å²) in [5.41, 5.74) is 2.96. The minimum atomic E-state index is 0.274. The summed E-state index contributed by atoms with van der Waals surface area (Å²) >= 11 is 18.1. The Morgan fingerprint density at radius 3 is 1.85 bits per heavy atom. The van der Waals surface area contributed by atoms with Crippen LogP contribution in [0.5, 0.6) is 0 Å². The van der Waals surface area contributed by atoms with Gasteiger partial charge in [0, 0.05) is 16.4 Å². The van der Waals surface area contributed by atoms with E-state index in [1.807, 2.05) is 19.1 Å². The van der Waals surface area contributed by atoms with Crippen molar-refractivity contribution in [2.75, 3.05) is 10.6 Å². The number of nitrogens with zero attached hydrogens (tertiary/aromatic N) is 4. The van der Waals surface area contributed by atoms with E-state index < -0.39 is 0 Å². The molecule has 0 spiro atoms. The van der Waals surface area contributed by atoms with Gasteiger partial charge in [-0.25, -0.2) is 14.6 Å². The first kappa shape index (κ1) is 17.8. The fourth-order valence-electron chi connectivity index (χ4n) is 2.38. The van der Waals surface area contributed by atoms with Gasteiger partial charge in [0.15, 0.2) is 11.6 Å². The van der Waals surface area contributed by atoms with E-state index in [9.17, 15) is 0 Å². The topological polar surface area (TPSA) is 88.8 Å². The van der Waals surface area contributed by atoms with Crippen molar-refractivity contribution < 1.29 is 4.63 Å². The largest absolute Gasteiger partial charge is 0.337 e. The molecule has 136 valence electrons. The van der Waals surface area contributed by atoms with Gasteiger partial charge >= 0.3 is 0 Å². The molecule has 0 atom stereocenters. The summed E-state index contributed by atoms with van der Waals surface area (Å²) in [6.07, 6.45) is 0. The van der Waals surface area contributed by atoms with E-state index >= 15 is 0 Å². The molecule has 7 nitrogen and oxygen atoms in total. The fourth-order valence-corrected chi connectivity index (χ4v) is 2.80. The van der Waals surface area contributed by atoms with Crippen LogP contribution in [0.1, 0.15) is 5.56 Å². The zero-order valence-corrected chi connectivity index (χ0v) is 16.1. The van der Waals surface area contributed by atoms with Crippen LogP contribution in [0.3, 0.4) is 0 Å². The molecule has 0 fully saturated rings. The fraction of sp³-hybridized carbons (Fsp3) is 0.0588. The lowest BCUT2D eigenvalue weighted by atomic mass is 10.2. The first-order valence-electron chi connectivity index (χ1n) is 7.75. The number of rotatable bonds is 4. The van der Waals surface area contributed by atoms with Crippen LogP contribution in [-0.4, -0.2) is 20.3 Å². The zero-order chi connectivity index (χ0) is 19.0. The predicted octanol–water partition coefficient (Wildman–Crippen LogP) is 5.77. The van der Waals surface area contributed by atoms with Crippen molar-refractivity contribution >= 4 is 69.1 Å². The minimum absolute atomic E-state index is 0.274. The standard InChI is InChI=1S/C17H11Cl3N6O/c1-8-6-9(2-4-11(8)18)21-14-15(24-17-16(23-14)25-27-26-17)22-10-3-5-12(19)13(20)7-10/h2-7H,1H3,(H,21,23,25)(H,22,24,26). The van der Waals surface area contributed by atoms with Gasteiger partial charge < -0.3 is 10.6 Å². The van der Waals surface area contributed by atoms with Crippen molar-refractivity contribution in [3.8, 4) is 0 Å². The van der Waals surface area contributed by atoms with Crippen LogP contribution < -0.4 is 10.6 Å². The van der Waals surface area contributed by atoms with Gasteiger partial charge in [0.25, 0.3) is 0 Å². The molecule has 0 aliphatic heterocycles. The van der Waals surface area contributed by atoms with E-state index in [2.05, 4.69) is 30.9 Å². The molecule has 0 amide bonds. The van der Waals surface area contributed by atoms with Gasteiger partial charge in [-0.2, -0.15) is 0 Å². The number of fused-ring (bicyclic) bond motifs is 1. The summed E-state index contributed by atoms with van der Waals surface area (Å²) in [5, 5.41) is 15.4. The van der Waals surface area contributed by atoms with Gasteiger partial charge in [-0.3, -0.25) is 0 Å². The third-order valence-electron chi connectivity index (χ3n) is 3.72. The van der Waals surface area contributed by atoms with Crippen LogP contribution in [0.15, 0.2) is 41.0 Å². The van der Waals surface area contributed by atoms with Crippen LogP contribution in [0.25, 0.3) is 11.3 Å². The van der Waals surface area contributed by atoms with Crippen molar-refractivity contribution in [3.05, 3.63) is 57.0 Å². The van der Waals surface area contributed by atoms with E-state index in [1.165, 1.54) is 0 Å². The monoisotopic (exact) mass is 420 g/mol. The summed E-state index contributed by atoms with van der Waals surface area (Å²) < 4.78 is 4.71. The summed E-state index contributed by atoms with van der Waals surface area (Å²) in [5.74, 6) is 0.857. The predicted molar refractivity (Wildman–Crippen MR) is 107 cm³/mol. The lowest BCUT2D eigenvalue weighted by Crippen LogP contribution is -2.03. The second kappa shape index (κ2) is 7.19. The highest BCUT2D eigenvalue weighted by atomic mass is 35.5. The van der Waals surface area contributed by atoms with Crippen molar-refractivity contribution in [2.45, 2.75) is 6.92 Å². The SMILES string of the molecule is Cc1cc(Nc2nc3nonc3nc2Nc2ccc(Cl)c(Cl)c2)ccc1Cl. The van der Waals surface area contributed by atoms with E-state index in [1.54, 1.807) is 24.3 Å². The lowest BCUT2D eigenvalue weighted by Gasteiger charge is -2.13. The second-order valence-electron chi connectivity index (χ2n) is 5.68. The van der Waals surface area contributed by atoms with Crippen molar-refractivity contribution in [1.82, 2.24) is 20.3 Å². The van der Waals surface area contributed by atoms with Gasteiger partial charge in [-0.05, 0) is 59.2 Å². The average molecular weight is 422 g/mol. The molecule has 4 aromatic rings. The molecule has 2 aromatic heterocycles. The molecule has 27 heavy (non-hydrogen) atoms. The molecular formula is C17H11Cl3N6O. The maximum atomic E-state index is 6.09. The molecule has 4 rings (SSSR count). The van der Waals surface area contributed by atoms with Crippen molar-refractivity contribution in [2.24, 2.45) is 0 Å². The highest BCUT2D eigenvalue weighted by Gasteiger charge is 2.14. The average Bonchev–Trinajstić information content (AvgIpc) is 3.09. The van der Waals surface area contributed by atoms with Crippen LogP contribution >= 0.6 is 34.8 Å². The summed E-state index contributed by atoms with van der Waals surface area (Å²) in [6, 6.07) is 10.7. The highest BCUT2D eigenvalue weighted by Crippen LogP contribution is 2.31. The van der Waals surface area contributed by atoms with E-state index in [0.29, 0.717) is 32.4 Å². The molecule has 0 bridgehead atoms. The van der Waals surface area contributed by atoms with E-state index in [0.717, 1.165) is 11.3 Å². The number of hydrogen-bond donors (Lipinski definition) is 2. The number of nitrogens with one attached hydrogen (secondary N) is 2. The molecule has 0 aliphatic carbocycles. The molecule has 2 N–H and O–H groups in total. The molecule has 0 unspecified atom stereocenters. The van der Waals surface area contributed by atoms with E-state index in [-0.39, 0.29) is 11.3 Å². The Morgan fingerprint density at radius 2 is 1.30 bits per heavy atom. The Hall–Kier alpha value is -2.61. The van der Waals surface area contributed by atoms with Crippen LogP contribution in [-0.2, 0) is 0 Å². The van der Waals surface area contributed by atoms with Crippen LogP contribution in [0, 0.1) is 6.92 Å². The number of hydrogen-bond acceptors (Lipinski definition) is 7. The maximum Gasteiger partial charge on any atom is 0.245 e. The van der Waals surface area contributed by atoms with Crippen LogP contribution in [0.2, 0.25) is 15.1 Å². The van der Waals surface area contributed by atoms with Gasteiger partial charge in [-0.15, -0.1) is 0 Å².